The van der Waals surface area contributed by atoms with Gasteiger partial charge in [0.05, 0.1) is 21.7 Å². The number of nitrogens with one attached hydrogen (secondary N) is 2. The fourth-order valence-corrected chi connectivity index (χ4v) is 4.62. The highest BCUT2D eigenvalue weighted by atomic mass is 16.6. The third-order valence-corrected chi connectivity index (χ3v) is 6.47. The molecule has 1 aliphatic rings. The number of rotatable bonds is 5. The number of carbonyl (C=O) groups is 3. The number of imidazole rings is 1. The molecular formula is C30H18N4O5. The molecule has 0 atom stereocenters. The van der Waals surface area contributed by atoms with Crippen molar-refractivity contribution >= 4 is 46.0 Å². The number of hydrogen-bond acceptors (Lipinski definition) is 6. The van der Waals surface area contributed by atoms with Crippen LogP contribution >= 0.6 is 0 Å². The van der Waals surface area contributed by atoms with Gasteiger partial charge in [-0.1, -0.05) is 54.6 Å². The largest absolute Gasteiger partial charge is 0.337 e. The van der Waals surface area contributed by atoms with Crippen molar-refractivity contribution in [2.24, 2.45) is 0 Å². The molecule has 0 spiro atoms. The van der Waals surface area contributed by atoms with Gasteiger partial charge in [0, 0.05) is 34.4 Å². The average molecular weight is 514 g/mol. The van der Waals surface area contributed by atoms with Crippen molar-refractivity contribution in [2.75, 3.05) is 0 Å². The molecule has 6 rings (SSSR count). The minimum atomic E-state index is -0.506. The van der Waals surface area contributed by atoms with Crippen molar-refractivity contribution in [2.45, 2.75) is 0 Å². The molecule has 0 radical (unpaired) electrons. The molecule has 0 fully saturated rings. The zero-order valence-corrected chi connectivity index (χ0v) is 20.2. The maximum Gasteiger partial charge on any atom is 0.270 e. The molecular weight excluding hydrogens is 496 g/mol. The molecule has 0 saturated heterocycles. The second-order valence-electron chi connectivity index (χ2n) is 8.90. The SMILES string of the molecule is O=C(N/C(=C\c1cccc([N+](=O)[O-])c1)c1nc2c3c(ccc2[nH]1)C(=O)c1ccccc1C3=O)c1ccccc1. The van der Waals surface area contributed by atoms with Gasteiger partial charge >= 0.3 is 0 Å². The third kappa shape index (κ3) is 4.17. The van der Waals surface area contributed by atoms with Crippen molar-refractivity contribution in [3.8, 4) is 0 Å². The van der Waals surface area contributed by atoms with Crippen LogP contribution < -0.4 is 5.32 Å². The van der Waals surface area contributed by atoms with Gasteiger partial charge in [-0.15, -0.1) is 0 Å². The lowest BCUT2D eigenvalue weighted by Crippen LogP contribution is -2.22. The Bertz CT molecular complexity index is 1870. The van der Waals surface area contributed by atoms with Crippen molar-refractivity contribution in [1.29, 1.82) is 0 Å². The first-order valence-corrected chi connectivity index (χ1v) is 11.9. The summed E-state index contributed by atoms with van der Waals surface area (Å²) in [5, 5.41) is 14.1. The van der Waals surface area contributed by atoms with Crippen LogP contribution in [0.1, 0.15) is 53.6 Å². The number of non-ortho nitro benzene ring substituents is 1. The molecule has 1 aliphatic carbocycles. The van der Waals surface area contributed by atoms with Crippen molar-refractivity contribution < 1.29 is 19.3 Å². The number of H-pyrrole nitrogens is 1. The fraction of sp³-hybridized carbons (Fsp3) is 0. The molecule has 188 valence electrons. The van der Waals surface area contributed by atoms with E-state index in [0.29, 0.717) is 27.8 Å². The normalized spacial score (nSPS) is 12.7. The van der Waals surface area contributed by atoms with Crippen LogP contribution in [0.5, 0.6) is 0 Å². The van der Waals surface area contributed by atoms with Crippen molar-refractivity contribution in [1.82, 2.24) is 15.3 Å². The second kappa shape index (κ2) is 9.31. The summed E-state index contributed by atoms with van der Waals surface area (Å²) in [4.78, 5) is 58.2. The molecule has 9 heteroatoms. The summed E-state index contributed by atoms with van der Waals surface area (Å²) in [5.74, 6) is -0.791. The Morgan fingerprint density at radius 3 is 2.31 bits per heavy atom. The first-order valence-electron chi connectivity index (χ1n) is 11.9. The highest BCUT2D eigenvalue weighted by Crippen LogP contribution is 2.32. The zero-order chi connectivity index (χ0) is 27.1. The van der Waals surface area contributed by atoms with Gasteiger partial charge in [-0.3, -0.25) is 24.5 Å². The third-order valence-electron chi connectivity index (χ3n) is 6.47. The molecule has 0 aliphatic heterocycles. The topological polar surface area (TPSA) is 135 Å². The van der Waals surface area contributed by atoms with Crippen LogP contribution in [-0.2, 0) is 0 Å². The lowest BCUT2D eigenvalue weighted by atomic mass is 9.83. The zero-order valence-electron chi connectivity index (χ0n) is 20.2. The molecule has 0 bridgehead atoms. The minimum Gasteiger partial charge on any atom is -0.337 e. The van der Waals surface area contributed by atoms with E-state index in [9.17, 15) is 24.5 Å². The number of carbonyl (C=O) groups excluding carboxylic acids is 3. The number of nitro benzene ring substituents is 1. The van der Waals surface area contributed by atoms with Crippen LogP contribution in [0.4, 0.5) is 5.69 Å². The van der Waals surface area contributed by atoms with Crippen LogP contribution in [0.3, 0.4) is 0 Å². The van der Waals surface area contributed by atoms with Crippen LogP contribution in [-0.4, -0.2) is 32.4 Å². The van der Waals surface area contributed by atoms with Gasteiger partial charge in [0.25, 0.3) is 11.6 Å². The van der Waals surface area contributed by atoms with E-state index in [-0.39, 0.29) is 45.4 Å². The van der Waals surface area contributed by atoms with E-state index in [0.717, 1.165) is 0 Å². The Balaban J connectivity index is 1.49. The van der Waals surface area contributed by atoms with Crippen LogP contribution in [0.15, 0.2) is 91.0 Å². The number of nitro groups is 1. The van der Waals surface area contributed by atoms with Crippen LogP contribution in [0, 0.1) is 10.1 Å². The van der Waals surface area contributed by atoms with Gasteiger partial charge in [-0.05, 0) is 35.9 Å². The van der Waals surface area contributed by atoms with Gasteiger partial charge in [0.2, 0.25) is 0 Å². The standard InChI is InChI=1S/C30H18N4O5/c35-27-20-11-4-5-12-21(20)28(36)25-22(27)13-14-23-26(25)33-29(31-23)24(32-30(37)18-8-2-1-3-9-18)16-17-7-6-10-19(15-17)34(38)39/h1-16H,(H,31,33)(H,32,37)/b24-16-. The predicted molar refractivity (Wildman–Crippen MR) is 144 cm³/mol. The van der Waals surface area contributed by atoms with E-state index < -0.39 is 10.8 Å². The van der Waals surface area contributed by atoms with E-state index >= 15 is 0 Å². The van der Waals surface area contributed by atoms with Crippen LogP contribution in [0.2, 0.25) is 0 Å². The van der Waals surface area contributed by atoms with E-state index in [2.05, 4.69) is 15.3 Å². The summed E-state index contributed by atoms with van der Waals surface area (Å²) in [6.45, 7) is 0. The summed E-state index contributed by atoms with van der Waals surface area (Å²) >= 11 is 0. The number of aromatic nitrogens is 2. The Labute approximate surface area is 221 Å². The van der Waals surface area contributed by atoms with Crippen LogP contribution in [0.25, 0.3) is 22.8 Å². The number of hydrogen-bond donors (Lipinski definition) is 2. The minimum absolute atomic E-state index is 0.112. The van der Waals surface area contributed by atoms with E-state index in [1.165, 1.54) is 18.2 Å². The number of fused-ring (bicyclic) bond motifs is 4. The highest BCUT2D eigenvalue weighted by molar-refractivity contribution is 6.31. The molecule has 1 aromatic heterocycles. The van der Waals surface area contributed by atoms with Gasteiger partial charge < -0.3 is 10.3 Å². The fourth-order valence-electron chi connectivity index (χ4n) is 4.62. The molecule has 2 N–H and O–H groups in total. The molecule has 39 heavy (non-hydrogen) atoms. The quantitative estimate of drug-likeness (QED) is 0.241. The monoisotopic (exact) mass is 514 g/mol. The first-order chi connectivity index (χ1) is 18.9. The molecule has 1 amide bonds. The molecule has 4 aromatic carbocycles. The summed E-state index contributed by atoms with van der Waals surface area (Å²) in [7, 11) is 0. The average Bonchev–Trinajstić information content (AvgIpc) is 3.40. The Morgan fingerprint density at radius 1 is 0.846 bits per heavy atom. The molecule has 5 aromatic rings. The number of benzene rings is 4. The maximum atomic E-state index is 13.4. The Hall–Kier alpha value is -5.70. The summed E-state index contributed by atoms with van der Waals surface area (Å²) < 4.78 is 0. The Kier molecular flexibility index (Phi) is 5.65. The lowest BCUT2D eigenvalue weighted by Gasteiger charge is -2.17. The number of aromatic amines is 1. The molecule has 9 nitrogen and oxygen atoms in total. The number of ketones is 2. The molecule has 1 heterocycles. The maximum absolute atomic E-state index is 13.4. The summed E-state index contributed by atoms with van der Waals surface area (Å²) in [6.07, 6.45) is 1.56. The highest BCUT2D eigenvalue weighted by Gasteiger charge is 2.32. The molecule has 0 unspecified atom stereocenters. The van der Waals surface area contributed by atoms with Gasteiger partial charge in [0.1, 0.15) is 5.52 Å². The van der Waals surface area contributed by atoms with E-state index in [1.807, 2.05) is 0 Å². The first kappa shape index (κ1) is 23.7. The number of amides is 1. The predicted octanol–water partition coefficient (Wildman–Crippen LogP) is 5.17. The van der Waals surface area contributed by atoms with Gasteiger partial charge in [-0.25, -0.2) is 4.98 Å². The number of nitrogens with zero attached hydrogens (tertiary/aromatic N) is 2. The Morgan fingerprint density at radius 2 is 1.56 bits per heavy atom. The summed E-state index contributed by atoms with van der Waals surface area (Å²) in [6, 6.07) is 24.4. The second-order valence-corrected chi connectivity index (χ2v) is 8.90. The smallest absolute Gasteiger partial charge is 0.270 e. The van der Waals surface area contributed by atoms with Gasteiger partial charge in [-0.2, -0.15) is 0 Å². The molecule has 0 saturated carbocycles. The lowest BCUT2D eigenvalue weighted by molar-refractivity contribution is -0.384. The van der Waals surface area contributed by atoms with Crippen molar-refractivity contribution in [3.63, 3.8) is 0 Å². The van der Waals surface area contributed by atoms with Gasteiger partial charge in [0.15, 0.2) is 17.4 Å². The van der Waals surface area contributed by atoms with E-state index in [4.69, 9.17) is 0 Å². The summed E-state index contributed by atoms with van der Waals surface area (Å²) in [5.41, 5.74) is 2.82. The van der Waals surface area contributed by atoms with Crippen molar-refractivity contribution in [3.05, 3.63) is 140 Å². The van der Waals surface area contributed by atoms with E-state index in [1.54, 1.807) is 78.9 Å².